The fraction of sp³-hybridized carbons (Fsp3) is 0.500. The SMILES string of the molecule is COc1ccc([C@H]2C[C@@]23CCC[C@]2(C[C@H]2c2ccc(OC)cc2OC)C3=O)c(OC)c1. The van der Waals surface area contributed by atoms with Gasteiger partial charge in [-0.15, -0.1) is 0 Å². The van der Waals surface area contributed by atoms with Crippen LogP contribution in [0.1, 0.15) is 55.1 Å². The molecule has 2 aromatic rings. The highest BCUT2D eigenvalue weighted by Gasteiger charge is 2.73. The predicted octanol–water partition coefficient (Wildman–Crippen LogP) is 5.12. The molecule has 0 heterocycles. The van der Waals surface area contributed by atoms with Crippen molar-refractivity contribution in [1.29, 1.82) is 0 Å². The normalized spacial score (nSPS) is 30.9. The first-order valence-electron chi connectivity index (χ1n) is 11.0. The zero-order valence-electron chi connectivity index (χ0n) is 18.7. The van der Waals surface area contributed by atoms with E-state index in [1.54, 1.807) is 28.4 Å². The minimum Gasteiger partial charge on any atom is -0.497 e. The van der Waals surface area contributed by atoms with Gasteiger partial charge in [0.25, 0.3) is 0 Å². The minimum absolute atomic E-state index is 0.233. The molecule has 164 valence electrons. The van der Waals surface area contributed by atoms with Gasteiger partial charge < -0.3 is 18.9 Å². The zero-order chi connectivity index (χ0) is 21.8. The highest BCUT2D eigenvalue weighted by molar-refractivity contribution is 5.98. The van der Waals surface area contributed by atoms with Gasteiger partial charge in [0.2, 0.25) is 0 Å². The summed E-state index contributed by atoms with van der Waals surface area (Å²) in [7, 11) is 6.68. The van der Waals surface area contributed by atoms with E-state index in [0.29, 0.717) is 5.78 Å². The van der Waals surface area contributed by atoms with Crippen molar-refractivity contribution in [3.05, 3.63) is 47.5 Å². The third-order valence-electron chi connectivity index (χ3n) is 7.93. The van der Waals surface area contributed by atoms with Gasteiger partial charge in [0.15, 0.2) is 0 Å². The van der Waals surface area contributed by atoms with Crippen LogP contribution in [-0.4, -0.2) is 34.2 Å². The highest BCUT2D eigenvalue weighted by Crippen LogP contribution is 2.76. The van der Waals surface area contributed by atoms with E-state index in [2.05, 4.69) is 12.1 Å². The molecule has 0 bridgehead atoms. The van der Waals surface area contributed by atoms with Gasteiger partial charge in [-0.3, -0.25) is 4.79 Å². The molecule has 0 saturated heterocycles. The Bertz CT molecular complexity index is 951. The molecule has 31 heavy (non-hydrogen) atoms. The molecule has 0 aromatic heterocycles. The number of benzene rings is 2. The first kappa shape index (κ1) is 20.2. The number of hydrogen-bond donors (Lipinski definition) is 0. The molecule has 2 aromatic carbocycles. The van der Waals surface area contributed by atoms with E-state index in [1.807, 2.05) is 24.3 Å². The summed E-state index contributed by atoms with van der Waals surface area (Å²) in [6.45, 7) is 0. The van der Waals surface area contributed by atoms with Crippen LogP contribution in [0.5, 0.6) is 23.0 Å². The zero-order valence-corrected chi connectivity index (χ0v) is 18.7. The molecule has 0 N–H and O–H groups in total. The summed E-state index contributed by atoms with van der Waals surface area (Å²) in [4.78, 5) is 14.0. The van der Waals surface area contributed by atoms with Crippen LogP contribution in [0.25, 0.3) is 0 Å². The summed E-state index contributed by atoms with van der Waals surface area (Å²) < 4.78 is 22.0. The number of methoxy groups -OCH3 is 4. The van der Waals surface area contributed by atoms with E-state index in [9.17, 15) is 4.79 Å². The molecule has 3 saturated carbocycles. The molecule has 5 rings (SSSR count). The summed E-state index contributed by atoms with van der Waals surface area (Å²) >= 11 is 0. The van der Waals surface area contributed by atoms with E-state index in [-0.39, 0.29) is 22.7 Å². The number of hydrogen-bond acceptors (Lipinski definition) is 5. The van der Waals surface area contributed by atoms with E-state index >= 15 is 0 Å². The lowest BCUT2D eigenvalue weighted by molar-refractivity contribution is -0.132. The molecular weight excluding hydrogens is 392 g/mol. The van der Waals surface area contributed by atoms with Crippen LogP contribution in [0, 0.1) is 10.8 Å². The molecule has 3 aliphatic carbocycles. The lowest BCUT2D eigenvalue weighted by Crippen LogP contribution is -2.33. The van der Waals surface area contributed by atoms with Gasteiger partial charge in [-0.05, 0) is 48.9 Å². The maximum Gasteiger partial charge on any atom is 0.146 e. The molecule has 0 aliphatic heterocycles. The van der Waals surface area contributed by atoms with Crippen LogP contribution in [0.15, 0.2) is 36.4 Å². The standard InChI is InChI=1S/C26H30O5/c1-28-16-6-8-18(22(12-16)30-3)20-14-25(20)10-5-11-26(24(25)27)15-21(26)19-9-7-17(29-2)13-23(19)31-4/h6-9,12-13,20-21H,5,10-11,14-15H2,1-4H3/t20-,21+,25+,26-. The first-order chi connectivity index (χ1) is 15.0. The number of ketones is 1. The second kappa shape index (κ2) is 7.18. The summed E-state index contributed by atoms with van der Waals surface area (Å²) in [6, 6.07) is 11.9. The average molecular weight is 423 g/mol. The quantitative estimate of drug-likeness (QED) is 0.647. The lowest BCUT2D eigenvalue weighted by Gasteiger charge is -2.30. The van der Waals surface area contributed by atoms with Crippen LogP contribution in [0.3, 0.4) is 0 Å². The van der Waals surface area contributed by atoms with Gasteiger partial charge in [-0.2, -0.15) is 0 Å². The summed E-state index contributed by atoms with van der Waals surface area (Å²) in [5.74, 6) is 4.10. The first-order valence-corrected chi connectivity index (χ1v) is 11.0. The van der Waals surface area contributed by atoms with Crippen molar-refractivity contribution in [3.63, 3.8) is 0 Å². The van der Waals surface area contributed by atoms with E-state index in [1.165, 1.54) is 0 Å². The highest BCUT2D eigenvalue weighted by atomic mass is 16.5. The van der Waals surface area contributed by atoms with Crippen molar-refractivity contribution in [2.24, 2.45) is 10.8 Å². The second-order valence-electron chi connectivity index (χ2n) is 9.22. The van der Waals surface area contributed by atoms with Crippen LogP contribution >= 0.6 is 0 Å². The molecule has 4 atom stereocenters. The van der Waals surface area contributed by atoms with Gasteiger partial charge in [0.1, 0.15) is 28.8 Å². The van der Waals surface area contributed by atoms with Crippen molar-refractivity contribution in [2.75, 3.05) is 28.4 Å². The molecular formula is C26H30O5. The number of carbonyl (C=O) groups excluding carboxylic acids is 1. The smallest absolute Gasteiger partial charge is 0.146 e. The molecule has 0 radical (unpaired) electrons. The summed E-state index contributed by atoms with van der Waals surface area (Å²) in [5, 5.41) is 0. The fourth-order valence-electron chi connectivity index (χ4n) is 6.14. The number of carbonyl (C=O) groups is 1. The van der Waals surface area contributed by atoms with Crippen molar-refractivity contribution in [2.45, 2.75) is 43.9 Å². The Morgan fingerprint density at radius 1 is 0.710 bits per heavy atom. The Morgan fingerprint density at radius 2 is 1.16 bits per heavy atom. The average Bonchev–Trinajstić information content (AvgIpc) is 3.72. The molecule has 0 amide bonds. The van der Waals surface area contributed by atoms with Gasteiger partial charge in [0, 0.05) is 34.8 Å². The van der Waals surface area contributed by atoms with Gasteiger partial charge in [0.05, 0.1) is 28.4 Å². The Morgan fingerprint density at radius 3 is 1.55 bits per heavy atom. The molecule has 5 heteroatoms. The van der Waals surface area contributed by atoms with Crippen molar-refractivity contribution in [1.82, 2.24) is 0 Å². The number of ether oxygens (including phenoxy) is 4. The second-order valence-corrected chi connectivity index (χ2v) is 9.22. The molecule has 2 spiro atoms. The van der Waals surface area contributed by atoms with Crippen molar-refractivity contribution in [3.8, 4) is 23.0 Å². The molecule has 0 unspecified atom stereocenters. The largest absolute Gasteiger partial charge is 0.497 e. The van der Waals surface area contributed by atoms with Crippen molar-refractivity contribution < 1.29 is 23.7 Å². The number of rotatable bonds is 6. The predicted molar refractivity (Wildman–Crippen MR) is 118 cm³/mol. The molecule has 5 nitrogen and oxygen atoms in total. The third-order valence-corrected chi connectivity index (χ3v) is 7.93. The topological polar surface area (TPSA) is 54.0 Å². The summed E-state index contributed by atoms with van der Waals surface area (Å²) in [5.41, 5.74) is 1.78. The van der Waals surface area contributed by atoms with E-state index in [4.69, 9.17) is 18.9 Å². The summed E-state index contributed by atoms with van der Waals surface area (Å²) in [6.07, 6.45) is 4.88. The fourth-order valence-corrected chi connectivity index (χ4v) is 6.14. The Kier molecular flexibility index (Phi) is 4.68. The maximum atomic E-state index is 14.0. The van der Waals surface area contributed by atoms with Crippen LogP contribution in [0.2, 0.25) is 0 Å². The Labute approximate surface area is 183 Å². The monoisotopic (exact) mass is 422 g/mol. The molecule has 3 fully saturated rings. The van der Waals surface area contributed by atoms with Gasteiger partial charge in [-0.1, -0.05) is 18.6 Å². The number of Topliss-reactive ketones (excluding diaryl/α,β-unsaturated/α-hetero) is 1. The Balaban J connectivity index is 1.43. The van der Waals surface area contributed by atoms with Crippen LogP contribution < -0.4 is 18.9 Å². The minimum atomic E-state index is -0.241. The van der Waals surface area contributed by atoms with Gasteiger partial charge >= 0.3 is 0 Å². The lowest BCUT2D eigenvalue weighted by atomic mass is 9.71. The van der Waals surface area contributed by atoms with Gasteiger partial charge in [-0.25, -0.2) is 0 Å². The third kappa shape index (κ3) is 2.93. The van der Waals surface area contributed by atoms with Crippen LogP contribution in [0.4, 0.5) is 0 Å². The van der Waals surface area contributed by atoms with E-state index in [0.717, 1.165) is 66.2 Å². The van der Waals surface area contributed by atoms with Crippen molar-refractivity contribution >= 4 is 5.78 Å². The maximum absolute atomic E-state index is 14.0. The van der Waals surface area contributed by atoms with E-state index < -0.39 is 0 Å². The molecule has 3 aliphatic rings. The Hall–Kier alpha value is -2.69. The van der Waals surface area contributed by atoms with Crippen LogP contribution in [-0.2, 0) is 4.79 Å².